The number of rotatable bonds is 5. The van der Waals surface area contributed by atoms with Crippen LogP contribution >= 0.6 is 11.6 Å². The van der Waals surface area contributed by atoms with Gasteiger partial charge in [-0.25, -0.2) is 4.39 Å². The summed E-state index contributed by atoms with van der Waals surface area (Å²) < 4.78 is 18.6. The van der Waals surface area contributed by atoms with E-state index >= 15 is 0 Å². The zero-order valence-corrected chi connectivity index (χ0v) is 11.4. The average Bonchev–Trinajstić information content (AvgIpc) is 2.39. The molecule has 1 N–H and O–H groups in total. The minimum atomic E-state index is -0.240. The summed E-state index contributed by atoms with van der Waals surface area (Å²) in [6.07, 6.45) is 0. The number of hydrogen-bond acceptors (Lipinski definition) is 2. The third-order valence-corrected chi connectivity index (χ3v) is 2.85. The van der Waals surface area contributed by atoms with Crippen LogP contribution in [-0.2, 0) is 6.54 Å². The van der Waals surface area contributed by atoms with Gasteiger partial charge in [0, 0.05) is 11.6 Å². The van der Waals surface area contributed by atoms with E-state index in [9.17, 15) is 4.39 Å². The molecule has 0 saturated heterocycles. The Balaban J connectivity index is 2.12. The maximum absolute atomic E-state index is 13.1. The molecule has 100 valence electrons. The van der Waals surface area contributed by atoms with Crippen molar-refractivity contribution >= 4 is 17.3 Å². The lowest BCUT2D eigenvalue weighted by Gasteiger charge is -2.13. The first-order valence-corrected chi connectivity index (χ1v) is 6.47. The van der Waals surface area contributed by atoms with Crippen LogP contribution in [0.2, 0.25) is 5.02 Å². The molecule has 2 aromatic rings. The summed E-state index contributed by atoms with van der Waals surface area (Å²) >= 11 is 5.97. The first-order valence-electron chi connectivity index (χ1n) is 6.09. The van der Waals surface area contributed by atoms with Crippen LogP contribution in [0.15, 0.2) is 42.5 Å². The Bertz CT molecular complexity index is 560. The first-order chi connectivity index (χ1) is 9.19. The summed E-state index contributed by atoms with van der Waals surface area (Å²) in [5.41, 5.74) is 1.67. The van der Waals surface area contributed by atoms with E-state index in [-0.39, 0.29) is 5.82 Å². The molecular weight excluding hydrogens is 265 g/mol. The summed E-state index contributed by atoms with van der Waals surface area (Å²) in [4.78, 5) is 0. The highest BCUT2D eigenvalue weighted by Crippen LogP contribution is 2.28. The van der Waals surface area contributed by atoms with Gasteiger partial charge in [-0.05, 0) is 42.8 Å². The normalized spacial score (nSPS) is 10.3. The van der Waals surface area contributed by atoms with Gasteiger partial charge in [0.1, 0.15) is 11.6 Å². The molecule has 0 saturated carbocycles. The molecule has 0 amide bonds. The minimum Gasteiger partial charge on any atom is -0.492 e. The van der Waals surface area contributed by atoms with Crippen LogP contribution in [0.25, 0.3) is 0 Å². The zero-order chi connectivity index (χ0) is 13.7. The van der Waals surface area contributed by atoms with Crippen molar-refractivity contribution in [1.82, 2.24) is 0 Å². The molecule has 0 bridgehead atoms. The van der Waals surface area contributed by atoms with E-state index in [1.807, 2.05) is 19.1 Å². The summed E-state index contributed by atoms with van der Waals surface area (Å²) in [6.45, 7) is 3.01. The van der Waals surface area contributed by atoms with E-state index in [0.717, 1.165) is 17.0 Å². The summed E-state index contributed by atoms with van der Waals surface area (Å²) in [6, 6.07) is 11.9. The molecule has 0 aliphatic heterocycles. The van der Waals surface area contributed by atoms with Crippen LogP contribution in [-0.4, -0.2) is 6.61 Å². The van der Waals surface area contributed by atoms with Gasteiger partial charge in [-0.2, -0.15) is 0 Å². The molecule has 2 rings (SSSR count). The molecule has 0 aliphatic rings. The van der Waals surface area contributed by atoms with Crippen molar-refractivity contribution in [2.45, 2.75) is 13.5 Å². The van der Waals surface area contributed by atoms with Gasteiger partial charge in [0.15, 0.2) is 0 Å². The number of anilines is 1. The van der Waals surface area contributed by atoms with Gasteiger partial charge in [0.25, 0.3) is 0 Å². The second-order valence-electron chi connectivity index (χ2n) is 4.06. The van der Waals surface area contributed by atoms with E-state index in [0.29, 0.717) is 18.2 Å². The molecule has 0 atom stereocenters. The van der Waals surface area contributed by atoms with Crippen LogP contribution in [0.3, 0.4) is 0 Å². The maximum atomic E-state index is 13.1. The van der Waals surface area contributed by atoms with E-state index in [1.54, 1.807) is 18.2 Å². The van der Waals surface area contributed by atoms with Crippen LogP contribution in [0.5, 0.6) is 5.75 Å². The number of ether oxygens (including phenoxy) is 1. The molecule has 2 aromatic carbocycles. The molecule has 0 heterocycles. The Labute approximate surface area is 117 Å². The zero-order valence-electron chi connectivity index (χ0n) is 10.6. The van der Waals surface area contributed by atoms with Gasteiger partial charge in [-0.1, -0.05) is 23.7 Å². The molecule has 0 unspecified atom stereocenters. The van der Waals surface area contributed by atoms with Crippen molar-refractivity contribution in [1.29, 1.82) is 0 Å². The SMILES string of the molecule is CCOc1ccc(Cl)cc1NCc1cccc(F)c1. The second kappa shape index (κ2) is 6.43. The molecular formula is C15H15ClFNO. The molecule has 2 nitrogen and oxygen atoms in total. The summed E-state index contributed by atoms with van der Waals surface area (Å²) in [7, 11) is 0. The standard InChI is InChI=1S/C15H15ClFNO/c1-2-19-15-7-6-12(16)9-14(15)18-10-11-4-3-5-13(17)8-11/h3-9,18H,2,10H2,1H3. The Hall–Kier alpha value is -1.74. The number of halogens is 2. The third kappa shape index (κ3) is 3.86. The van der Waals surface area contributed by atoms with E-state index in [4.69, 9.17) is 16.3 Å². The van der Waals surface area contributed by atoms with Crippen LogP contribution < -0.4 is 10.1 Å². The van der Waals surface area contributed by atoms with Gasteiger partial charge in [0.2, 0.25) is 0 Å². The average molecular weight is 280 g/mol. The highest BCUT2D eigenvalue weighted by Gasteiger charge is 2.04. The van der Waals surface area contributed by atoms with Crippen LogP contribution in [0.1, 0.15) is 12.5 Å². The minimum absolute atomic E-state index is 0.240. The van der Waals surface area contributed by atoms with Crippen molar-refractivity contribution in [3.63, 3.8) is 0 Å². The first kappa shape index (κ1) is 13.7. The fourth-order valence-corrected chi connectivity index (χ4v) is 1.94. The predicted molar refractivity (Wildman–Crippen MR) is 76.3 cm³/mol. The molecule has 19 heavy (non-hydrogen) atoms. The monoisotopic (exact) mass is 279 g/mol. The molecule has 0 radical (unpaired) electrons. The van der Waals surface area contributed by atoms with Crippen molar-refractivity contribution in [2.24, 2.45) is 0 Å². The fourth-order valence-electron chi connectivity index (χ4n) is 1.77. The van der Waals surface area contributed by atoms with Gasteiger partial charge in [-0.15, -0.1) is 0 Å². The van der Waals surface area contributed by atoms with Crippen molar-refractivity contribution in [2.75, 3.05) is 11.9 Å². The Morgan fingerprint density at radius 3 is 2.79 bits per heavy atom. The van der Waals surface area contributed by atoms with Gasteiger partial charge >= 0.3 is 0 Å². The lowest BCUT2D eigenvalue weighted by molar-refractivity contribution is 0.341. The van der Waals surface area contributed by atoms with Crippen molar-refractivity contribution in [3.05, 3.63) is 58.9 Å². The number of hydrogen-bond donors (Lipinski definition) is 1. The van der Waals surface area contributed by atoms with Gasteiger partial charge in [-0.3, -0.25) is 0 Å². The molecule has 4 heteroatoms. The predicted octanol–water partition coefficient (Wildman–Crippen LogP) is 4.49. The highest BCUT2D eigenvalue weighted by atomic mass is 35.5. The lowest BCUT2D eigenvalue weighted by atomic mass is 10.2. The molecule has 0 aliphatic carbocycles. The Kier molecular flexibility index (Phi) is 4.63. The second-order valence-corrected chi connectivity index (χ2v) is 4.49. The molecule has 0 aromatic heterocycles. The van der Waals surface area contributed by atoms with E-state index in [1.165, 1.54) is 12.1 Å². The van der Waals surface area contributed by atoms with E-state index in [2.05, 4.69) is 5.32 Å². The van der Waals surface area contributed by atoms with Crippen LogP contribution in [0.4, 0.5) is 10.1 Å². The van der Waals surface area contributed by atoms with Gasteiger partial charge < -0.3 is 10.1 Å². The quantitative estimate of drug-likeness (QED) is 0.871. The fraction of sp³-hybridized carbons (Fsp3) is 0.200. The topological polar surface area (TPSA) is 21.3 Å². The van der Waals surface area contributed by atoms with Gasteiger partial charge in [0.05, 0.1) is 12.3 Å². The maximum Gasteiger partial charge on any atom is 0.142 e. The van der Waals surface area contributed by atoms with Crippen molar-refractivity contribution in [3.8, 4) is 5.75 Å². The summed E-state index contributed by atoms with van der Waals surface area (Å²) in [5.74, 6) is 0.499. The largest absolute Gasteiger partial charge is 0.492 e. The number of benzene rings is 2. The molecule has 0 fully saturated rings. The summed E-state index contributed by atoms with van der Waals surface area (Å²) in [5, 5.41) is 3.84. The van der Waals surface area contributed by atoms with E-state index < -0.39 is 0 Å². The van der Waals surface area contributed by atoms with Crippen LogP contribution in [0, 0.1) is 5.82 Å². The lowest BCUT2D eigenvalue weighted by Crippen LogP contribution is -2.03. The van der Waals surface area contributed by atoms with Crippen molar-refractivity contribution < 1.29 is 9.13 Å². The Morgan fingerprint density at radius 2 is 2.05 bits per heavy atom. The Morgan fingerprint density at radius 1 is 1.21 bits per heavy atom. The highest BCUT2D eigenvalue weighted by molar-refractivity contribution is 6.30. The third-order valence-electron chi connectivity index (χ3n) is 2.61. The number of nitrogens with one attached hydrogen (secondary N) is 1. The smallest absolute Gasteiger partial charge is 0.142 e. The molecule has 0 spiro atoms.